The second-order valence-corrected chi connectivity index (χ2v) is 8.29. The number of nitrogens with zero attached hydrogens (tertiary/aromatic N) is 1. The van der Waals surface area contributed by atoms with Gasteiger partial charge in [-0.3, -0.25) is 9.59 Å². The van der Waals surface area contributed by atoms with Crippen LogP contribution in [0.3, 0.4) is 0 Å². The van der Waals surface area contributed by atoms with E-state index in [1.165, 1.54) is 0 Å². The van der Waals surface area contributed by atoms with E-state index in [2.05, 4.69) is 5.32 Å². The minimum atomic E-state index is -0.592. The summed E-state index contributed by atoms with van der Waals surface area (Å²) in [4.78, 5) is 27.3. The van der Waals surface area contributed by atoms with Gasteiger partial charge >= 0.3 is 0 Å². The van der Waals surface area contributed by atoms with Gasteiger partial charge in [0.05, 0.1) is 0 Å². The summed E-state index contributed by atoms with van der Waals surface area (Å²) in [6.07, 6.45) is 0.671. The number of carbonyl (C=O) groups excluding carboxylic acids is 2. The predicted octanol–water partition coefficient (Wildman–Crippen LogP) is 3.75. The number of hydrogen-bond acceptors (Lipinski definition) is 3. The van der Waals surface area contributed by atoms with Crippen molar-refractivity contribution in [2.45, 2.75) is 52.6 Å². The Morgan fingerprint density at radius 1 is 1.03 bits per heavy atom. The van der Waals surface area contributed by atoms with Crippen LogP contribution in [-0.4, -0.2) is 41.4 Å². The van der Waals surface area contributed by atoms with Gasteiger partial charge in [-0.25, -0.2) is 0 Å². The summed E-state index contributed by atoms with van der Waals surface area (Å²) in [6, 6.07) is 16.9. The first kappa shape index (κ1) is 22.5. The standard InChI is InChI=1S/C24H32N2O3/c1-18-11-9-10-14-21(18)29-17-22(27)26(16-15-20-12-7-6-8-13-20)19(2)23(28)25-24(3,4)5/h6-14,19H,15-17H2,1-5H3,(H,25,28)/t19-/m0/s1. The minimum absolute atomic E-state index is 0.104. The summed E-state index contributed by atoms with van der Waals surface area (Å²) in [7, 11) is 0. The Morgan fingerprint density at radius 2 is 1.66 bits per heavy atom. The maximum Gasteiger partial charge on any atom is 0.261 e. The molecule has 0 aromatic heterocycles. The first-order chi connectivity index (χ1) is 13.7. The van der Waals surface area contributed by atoms with Crippen LogP contribution in [0.5, 0.6) is 5.75 Å². The number of hydrogen-bond donors (Lipinski definition) is 1. The van der Waals surface area contributed by atoms with E-state index in [1.807, 2.05) is 82.3 Å². The molecule has 0 saturated carbocycles. The molecule has 29 heavy (non-hydrogen) atoms. The second kappa shape index (κ2) is 10.1. The zero-order valence-corrected chi connectivity index (χ0v) is 18.1. The lowest BCUT2D eigenvalue weighted by atomic mass is 10.1. The van der Waals surface area contributed by atoms with E-state index in [9.17, 15) is 9.59 Å². The Morgan fingerprint density at radius 3 is 2.28 bits per heavy atom. The monoisotopic (exact) mass is 396 g/mol. The van der Waals surface area contributed by atoms with Gasteiger partial charge in [-0.05, 0) is 58.2 Å². The number of nitrogens with one attached hydrogen (secondary N) is 1. The molecule has 0 spiro atoms. The highest BCUT2D eigenvalue weighted by Crippen LogP contribution is 2.16. The molecule has 2 amide bonds. The Labute approximate surface area is 174 Å². The summed E-state index contributed by atoms with van der Waals surface area (Å²) in [6.45, 7) is 9.81. The molecule has 0 heterocycles. The molecule has 5 nitrogen and oxygen atoms in total. The van der Waals surface area contributed by atoms with Gasteiger partial charge in [-0.15, -0.1) is 0 Å². The average Bonchev–Trinajstić information content (AvgIpc) is 2.66. The highest BCUT2D eigenvalue weighted by Gasteiger charge is 2.28. The summed E-state index contributed by atoms with van der Waals surface area (Å²) in [5, 5.41) is 2.96. The quantitative estimate of drug-likeness (QED) is 0.739. The Kier molecular flexibility index (Phi) is 7.82. The fraction of sp³-hybridized carbons (Fsp3) is 0.417. The van der Waals surface area contributed by atoms with Crippen molar-refractivity contribution in [1.29, 1.82) is 0 Å². The zero-order valence-electron chi connectivity index (χ0n) is 18.1. The molecule has 2 aromatic carbocycles. The summed E-state index contributed by atoms with van der Waals surface area (Å²) in [5.74, 6) is 0.297. The highest BCUT2D eigenvalue weighted by atomic mass is 16.5. The molecule has 2 aromatic rings. The van der Waals surface area contributed by atoms with Crippen molar-refractivity contribution in [1.82, 2.24) is 10.2 Å². The molecule has 0 bridgehead atoms. The van der Waals surface area contributed by atoms with E-state index in [1.54, 1.807) is 11.8 Å². The normalized spacial score (nSPS) is 12.2. The lowest BCUT2D eigenvalue weighted by molar-refractivity contribution is -0.142. The minimum Gasteiger partial charge on any atom is -0.484 e. The molecule has 1 atom stereocenters. The number of rotatable bonds is 8. The summed E-state index contributed by atoms with van der Waals surface area (Å²) in [5.41, 5.74) is 1.72. The molecule has 0 saturated heterocycles. The van der Waals surface area contributed by atoms with Gasteiger partial charge in [-0.2, -0.15) is 0 Å². The van der Waals surface area contributed by atoms with Crippen LogP contribution >= 0.6 is 0 Å². The molecule has 0 aliphatic rings. The number of amides is 2. The number of para-hydroxylation sites is 1. The number of aryl methyl sites for hydroxylation is 1. The smallest absolute Gasteiger partial charge is 0.261 e. The maximum atomic E-state index is 13.0. The van der Waals surface area contributed by atoms with Gasteiger partial charge in [0.1, 0.15) is 11.8 Å². The molecule has 0 fully saturated rings. The van der Waals surface area contributed by atoms with Gasteiger partial charge in [0.2, 0.25) is 5.91 Å². The van der Waals surface area contributed by atoms with Crippen molar-refractivity contribution in [2.75, 3.05) is 13.2 Å². The lowest BCUT2D eigenvalue weighted by Crippen LogP contribution is -2.53. The molecule has 2 rings (SSSR count). The van der Waals surface area contributed by atoms with Gasteiger partial charge in [0.25, 0.3) is 5.91 Å². The Hall–Kier alpha value is -2.82. The van der Waals surface area contributed by atoms with Crippen LogP contribution < -0.4 is 10.1 Å². The predicted molar refractivity (Wildman–Crippen MR) is 116 cm³/mol. The van der Waals surface area contributed by atoms with Gasteiger partial charge in [-0.1, -0.05) is 48.5 Å². The number of benzene rings is 2. The van der Waals surface area contributed by atoms with Crippen LogP contribution in [0.1, 0.15) is 38.8 Å². The van der Waals surface area contributed by atoms with E-state index < -0.39 is 6.04 Å². The van der Waals surface area contributed by atoms with Crippen LogP contribution in [0, 0.1) is 6.92 Å². The second-order valence-electron chi connectivity index (χ2n) is 8.29. The summed E-state index contributed by atoms with van der Waals surface area (Å²) >= 11 is 0. The first-order valence-electron chi connectivity index (χ1n) is 10.0. The third-order valence-electron chi connectivity index (χ3n) is 4.59. The third-order valence-corrected chi connectivity index (χ3v) is 4.59. The van der Waals surface area contributed by atoms with Crippen LogP contribution in [-0.2, 0) is 16.0 Å². The topological polar surface area (TPSA) is 58.6 Å². The van der Waals surface area contributed by atoms with E-state index >= 15 is 0 Å². The van der Waals surface area contributed by atoms with E-state index in [-0.39, 0.29) is 24.0 Å². The van der Waals surface area contributed by atoms with E-state index in [0.717, 1.165) is 11.1 Å². The number of ether oxygens (including phenoxy) is 1. The molecule has 5 heteroatoms. The fourth-order valence-electron chi connectivity index (χ4n) is 2.98. The molecule has 1 N–H and O–H groups in total. The highest BCUT2D eigenvalue weighted by molar-refractivity contribution is 5.88. The Bertz CT molecular complexity index is 812. The molecular formula is C24H32N2O3. The molecule has 156 valence electrons. The van der Waals surface area contributed by atoms with Crippen LogP contribution in [0.4, 0.5) is 0 Å². The van der Waals surface area contributed by atoms with Crippen molar-refractivity contribution in [3.05, 3.63) is 65.7 Å². The molecule has 0 aliphatic carbocycles. The van der Waals surface area contributed by atoms with Crippen LogP contribution in [0.2, 0.25) is 0 Å². The summed E-state index contributed by atoms with van der Waals surface area (Å²) < 4.78 is 5.74. The van der Waals surface area contributed by atoms with E-state index in [0.29, 0.717) is 18.7 Å². The van der Waals surface area contributed by atoms with E-state index in [4.69, 9.17) is 4.74 Å². The van der Waals surface area contributed by atoms with Crippen LogP contribution in [0.25, 0.3) is 0 Å². The average molecular weight is 397 g/mol. The van der Waals surface area contributed by atoms with Gasteiger partial charge in [0.15, 0.2) is 6.61 Å². The van der Waals surface area contributed by atoms with Crippen LogP contribution in [0.15, 0.2) is 54.6 Å². The van der Waals surface area contributed by atoms with Gasteiger partial charge in [0, 0.05) is 12.1 Å². The maximum absolute atomic E-state index is 13.0. The fourth-order valence-corrected chi connectivity index (χ4v) is 2.98. The molecular weight excluding hydrogens is 364 g/mol. The molecule has 0 unspecified atom stereocenters. The van der Waals surface area contributed by atoms with Crippen molar-refractivity contribution in [2.24, 2.45) is 0 Å². The lowest BCUT2D eigenvalue weighted by Gasteiger charge is -2.31. The van der Waals surface area contributed by atoms with Crippen molar-refractivity contribution in [3.8, 4) is 5.75 Å². The van der Waals surface area contributed by atoms with Crippen molar-refractivity contribution < 1.29 is 14.3 Å². The molecule has 0 aliphatic heterocycles. The van der Waals surface area contributed by atoms with Crippen molar-refractivity contribution >= 4 is 11.8 Å². The van der Waals surface area contributed by atoms with Crippen molar-refractivity contribution in [3.63, 3.8) is 0 Å². The molecule has 0 radical (unpaired) electrons. The Balaban J connectivity index is 2.10. The first-order valence-corrected chi connectivity index (χ1v) is 10.0. The number of carbonyl (C=O) groups is 2. The largest absolute Gasteiger partial charge is 0.484 e. The zero-order chi connectivity index (χ0) is 21.4. The van der Waals surface area contributed by atoms with Gasteiger partial charge < -0.3 is 15.0 Å². The SMILES string of the molecule is Cc1ccccc1OCC(=O)N(CCc1ccccc1)[C@@H](C)C(=O)NC(C)(C)C. The third kappa shape index (κ3) is 7.26.